The van der Waals surface area contributed by atoms with Gasteiger partial charge in [-0.25, -0.2) is 4.79 Å². The molecule has 0 atom stereocenters. The van der Waals surface area contributed by atoms with E-state index in [-0.39, 0.29) is 36.6 Å². The van der Waals surface area contributed by atoms with Crippen LogP contribution in [0.2, 0.25) is 0 Å². The van der Waals surface area contributed by atoms with E-state index in [4.69, 9.17) is 10.5 Å². The Labute approximate surface area is 120 Å². The summed E-state index contributed by atoms with van der Waals surface area (Å²) in [6.45, 7) is 5.71. The van der Waals surface area contributed by atoms with E-state index in [1.54, 1.807) is 0 Å². The van der Waals surface area contributed by atoms with Crippen molar-refractivity contribution in [2.24, 2.45) is 5.73 Å². The molecule has 1 aliphatic rings. The van der Waals surface area contributed by atoms with Gasteiger partial charge >= 0.3 is 6.09 Å². The van der Waals surface area contributed by atoms with E-state index in [0.29, 0.717) is 0 Å². The summed E-state index contributed by atoms with van der Waals surface area (Å²) in [6.07, 6.45) is 3.47. The molecule has 0 bridgehead atoms. The lowest BCUT2D eigenvalue weighted by Crippen LogP contribution is -2.42. The van der Waals surface area contributed by atoms with Gasteiger partial charge in [0.25, 0.3) is 0 Å². The number of nitrogens with one attached hydrogen (secondary N) is 2. The molecule has 0 unspecified atom stereocenters. The number of amides is 2. The number of rotatable bonds is 4. The van der Waals surface area contributed by atoms with Gasteiger partial charge in [0, 0.05) is 17.6 Å². The number of ether oxygens (including phenoxy) is 1. The summed E-state index contributed by atoms with van der Waals surface area (Å²) in [5.41, 5.74) is 5.48. The molecule has 4 N–H and O–H groups in total. The average molecular weight is 285 g/mol. The van der Waals surface area contributed by atoms with Crippen molar-refractivity contribution < 1.29 is 14.3 Å². The van der Waals surface area contributed by atoms with Crippen LogP contribution in [-0.4, -0.2) is 36.2 Å². The Balaban J connectivity index is 2.13. The molecular weight excluding hydrogens is 258 g/mol. The number of carbonyl (C=O) groups excluding carboxylic acids is 2. The van der Waals surface area contributed by atoms with Crippen LogP contribution in [0.3, 0.4) is 0 Å². The van der Waals surface area contributed by atoms with Gasteiger partial charge in [0.15, 0.2) is 0 Å². The topological polar surface area (TPSA) is 93.4 Å². The van der Waals surface area contributed by atoms with Gasteiger partial charge in [0.2, 0.25) is 5.91 Å². The van der Waals surface area contributed by atoms with Crippen molar-refractivity contribution in [1.29, 1.82) is 0 Å². The Hall–Kier alpha value is -1.30. The van der Waals surface area contributed by atoms with Crippen molar-refractivity contribution in [3.63, 3.8) is 0 Å². The van der Waals surface area contributed by atoms with E-state index in [1.807, 2.05) is 20.8 Å². The third-order valence-electron chi connectivity index (χ3n) is 3.18. The van der Waals surface area contributed by atoms with Crippen LogP contribution in [0.1, 0.15) is 52.9 Å². The predicted molar refractivity (Wildman–Crippen MR) is 77.2 cm³/mol. The second-order valence-electron chi connectivity index (χ2n) is 6.44. The maximum absolute atomic E-state index is 11.7. The van der Waals surface area contributed by atoms with E-state index < -0.39 is 6.09 Å². The fourth-order valence-electron chi connectivity index (χ4n) is 2.14. The smallest absolute Gasteiger partial charge is 0.407 e. The lowest BCUT2D eigenvalue weighted by molar-refractivity contribution is -0.122. The maximum Gasteiger partial charge on any atom is 0.407 e. The first-order chi connectivity index (χ1) is 9.26. The monoisotopic (exact) mass is 285 g/mol. The Bertz CT molecular complexity index is 331. The Morgan fingerprint density at radius 2 is 1.80 bits per heavy atom. The summed E-state index contributed by atoms with van der Waals surface area (Å²) in [7, 11) is 0. The largest absolute Gasteiger partial charge is 0.449 e. The van der Waals surface area contributed by atoms with Crippen molar-refractivity contribution in [2.75, 3.05) is 6.61 Å². The van der Waals surface area contributed by atoms with Gasteiger partial charge in [-0.3, -0.25) is 4.79 Å². The molecule has 0 heterocycles. The first kappa shape index (κ1) is 16.8. The number of alkyl carbamates (subject to hydrolysis) is 1. The molecule has 6 nitrogen and oxygen atoms in total. The Morgan fingerprint density at radius 3 is 2.35 bits per heavy atom. The lowest BCUT2D eigenvalue weighted by Gasteiger charge is -2.26. The molecule has 0 aromatic rings. The maximum atomic E-state index is 11.7. The van der Waals surface area contributed by atoms with Crippen LogP contribution < -0.4 is 16.4 Å². The van der Waals surface area contributed by atoms with Gasteiger partial charge in [-0.15, -0.1) is 0 Å². The fraction of sp³-hybridized carbons (Fsp3) is 0.857. The first-order valence-electron chi connectivity index (χ1n) is 7.26. The number of carbonyl (C=O) groups is 2. The van der Waals surface area contributed by atoms with Crippen LogP contribution >= 0.6 is 0 Å². The van der Waals surface area contributed by atoms with E-state index in [0.717, 1.165) is 25.7 Å². The first-order valence-corrected chi connectivity index (χ1v) is 7.26. The zero-order chi connectivity index (χ0) is 15.2. The molecule has 1 fully saturated rings. The molecule has 6 heteroatoms. The second kappa shape index (κ2) is 7.47. The highest BCUT2D eigenvalue weighted by Crippen LogP contribution is 2.16. The molecule has 1 saturated carbocycles. The lowest BCUT2D eigenvalue weighted by atomic mass is 9.92. The van der Waals surface area contributed by atoms with Crippen LogP contribution in [0.5, 0.6) is 0 Å². The standard InChI is InChI=1S/C14H27N3O3/c1-14(2,3)17-13(19)20-9-8-12(18)16-11-6-4-10(15)5-7-11/h10-11H,4-9,15H2,1-3H3,(H,16,18)(H,17,19). The summed E-state index contributed by atoms with van der Waals surface area (Å²) in [5.74, 6) is -0.0750. The minimum Gasteiger partial charge on any atom is -0.449 e. The van der Waals surface area contributed by atoms with E-state index in [2.05, 4.69) is 10.6 Å². The third kappa shape index (κ3) is 7.33. The van der Waals surface area contributed by atoms with Gasteiger partial charge in [0.1, 0.15) is 6.61 Å². The normalized spacial score (nSPS) is 23.0. The summed E-state index contributed by atoms with van der Waals surface area (Å²) in [5, 5.41) is 5.63. The number of nitrogens with two attached hydrogens (primary N) is 1. The third-order valence-corrected chi connectivity index (χ3v) is 3.18. The molecule has 0 saturated heterocycles. The molecule has 1 rings (SSSR count). The molecule has 0 aliphatic heterocycles. The van der Waals surface area contributed by atoms with Crippen molar-refractivity contribution in [1.82, 2.24) is 10.6 Å². The van der Waals surface area contributed by atoms with E-state index >= 15 is 0 Å². The van der Waals surface area contributed by atoms with Gasteiger partial charge in [-0.05, 0) is 46.5 Å². The highest BCUT2D eigenvalue weighted by atomic mass is 16.5. The molecule has 1 aliphatic carbocycles. The van der Waals surface area contributed by atoms with Crippen LogP contribution in [-0.2, 0) is 9.53 Å². The quantitative estimate of drug-likeness (QED) is 0.725. The SMILES string of the molecule is CC(C)(C)NC(=O)OCCC(=O)NC1CCC(N)CC1. The van der Waals surface area contributed by atoms with Gasteiger partial charge in [-0.1, -0.05) is 0 Å². The van der Waals surface area contributed by atoms with Gasteiger partial charge in [-0.2, -0.15) is 0 Å². The minimum absolute atomic E-state index is 0.0750. The number of hydrogen-bond acceptors (Lipinski definition) is 4. The second-order valence-corrected chi connectivity index (χ2v) is 6.44. The van der Waals surface area contributed by atoms with Crippen molar-refractivity contribution in [2.45, 2.75) is 70.5 Å². The van der Waals surface area contributed by atoms with Crippen LogP contribution in [0.4, 0.5) is 4.79 Å². The minimum atomic E-state index is -0.492. The Morgan fingerprint density at radius 1 is 1.20 bits per heavy atom. The van der Waals surface area contributed by atoms with E-state index in [9.17, 15) is 9.59 Å². The van der Waals surface area contributed by atoms with Crippen LogP contribution in [0, 0.1) is 0 Å². The zero-order valence-corrected chi connectivity index (χ0v) is 12.7. The fourth-order valence-corrected chi connectivity index (χ4v) is 2.14. The average Bonchev–Trinajstić information content (AvgIpc) is 2.29. The van der Waals surface area contributed by atoms with Gasteiger partial charge < -0.3 is 21.1 Å². The highest BCUT2D eigenvalue weighted by molar-refractivity contribution is 5.76. The zero-order valence-electron chi connectivity index (χ0n) is 12.7. The summed E-state index contributed by atoms with van der Waals surface area (Å²) < 4.78 is 4.96. The summed E-state index contributed by atoms with van der Waals surface area (Å²) >= 11 is 0. The van der Waals surface area contributed by atoms with Crippen molar-refractivity contribution in [3.8, 4) is 0 Å². The molecule has 20 heavy (non-hydrogen) atoms. The molecular formula is C14H27N3O3. The predicted octanol–water partition coefficient (Wildman–Crippen LogP) is 1.29. The number of hydrogen-bond donors (Lipinski definition) is 3. The van der Waals surface area contributed by atoms with Crippen molar-refractivity contribution >= 4 is 12.0 Å². The molecule has 0 aromatic heterocycles. The molecule has 116 valence electrons. The highest BCUT2D eigenvalue weighted by Gasteiger charge is 2.20. The van der Waals surface area contributed by atoms with Crippen LogP contribution in [0.15, 0.2) is 0 Å². The molecule has 0 aromatic carbocycles. The molecule has 0 radical (unpaired) electrons. The van der Waals surface area contributed by atoms with E-state index in [1.165, 1.54) is 0 Å². The Kier molecular flexibility index (Phi) is 6.26. The molecule has 2 amide bonds. The van der Waals surface area contributed by atoms with Gasteiger partial charge in [0.05, 0.1) is 6.42 Å². The van der Waals surface area contributed by atoms with Crippen LogP contribution in [0.25, 0.3) is 0 Å². The summed E-state index contributed by atoms with van der Waals surface area (Å²) in [4.78, 5) is 23.1. The molecule has 0 spiro atoms. The van der Waals surface area contributed by atoms with Crippen molar-refractivity contribution in [3.05, 3.63) is 0 Å². The summed E-state index contributed by atoms with van der Waals surface area (Å²) in [6, 6.07) is 0.485.